The predicted octanol–water partition coefficient (Wildman–Crippen LogP) is 6.56. The first kappa shape index (κ1) is 22.0. The molecule has 0 spiro atoms. The molecule has 4 aromatic rings. The maximum atomic E-state index is 15.1. The quantitative estimate of drug-likeness (QED) is 0.322. The molecule has 32 heavy (non-hydrogen) atoms. The molecule has 0 saturated heterocycles. The van der Waals surface area contributed by atoms with E-state index in [1.807, 2.05) is 38.1 Å². The number of aromatic nitrogens is 2. The number of nitrogens with one attached hydrogen (secondary N) is 1. The van der Waals surface area contributed by atoms with Crippen molar-refractivity contribution in [3.63, 3.8) is 0 Å². The van der Waals surface area contributed by atoms with Gasteiger partial charge >= 0.3 is 0 Å². The van der Waals surface area contributed by atoms with E-state index >= 15 is 4.39 Å². The summed E-state index contributed by atoms with van der Waals surface area (Å²) in [5, 5.41) is 4.49. The number of methoxy groups -OCH3 is 1. The van der Waals surface area contributed by atoms with E-state index in [1.165, 1.54) is 13.2 Å². The molecule has 1 aromatic heterocycles. The molecule has 0 amide bonds. The summed E-state index contributed by atoms with van der Waals surface area (Å²) >= 11 is 6.53. The Morgan fingerprint density at radius 3 is 2.44 bits per heavy atom. The van der Waals surface area contributed by atoms with Gasteiger partial charge in [0.2, 0.25) is 5.95 Å². The van der Waals surface area contributed by atoms with Crippen molar-refractivity contribution in [1.82, 2.24) is 9.97 Å². The Labute approximate surface area is 191 Å². The van der Waals surface area contributed by atoms with Crippen LogP contribution in [0.4, 0.5) is 10.3 Å². The van der Waals surface area contributed by atoms with E-state index in [0.717, 1.165) is 10.9 Å². The molecule has 0 aliphatic heterocycles. The molecule has 7 heteroatoms. The van der Waals surface area contributed by atoms with Crippen LogP contribution in [0.3, 0.4) is 0 Å². The third-order valence-corrected chi connectivity index (χ3v) is 5.20. The Kier molecular flexibility index (Phi) is 6.53. The van der Waals surface area contributed by atoms with E-state index in [2.05, 4.69) is 10.3 Å². The summed E-state index contributed by atoms with van der Waals surface area (Å²) in [6, 6.07) is 16.0. The highest BCUT2D eigenvalue weighted by Crippen LogP contribution is 2.46. The number of ether oxygens (including phenoxy) is 2. The second-order valence-electron chi connectivity index (χ2n) is 7.57. The lowest BCUT2D eigenvalue weighted by Gasteiger charge is -2.20. The minimum atomic E-state index is -0.385. The van der Waals surface area contributed by atoms with Crippen LogP contribution in [-0.2, 0) is 4.74 Å². The Bertz CT molecular complexity index is 1260. The second-order valence-corrected chi connectivity index (χ2v) is 7.98. The maximum absolute atomic E-state index is 15.1. The normalized spacial score (nSPS) is 11.2. The number of halogens is 2. The lowest BCUT2D eigenvalue weighted by atomic mass is 9.94. The highest BCUT2D eigenvalue weighted by molar-refractivity contribution is 6.33. The van der Waals surface area contributed by atoms with Crippen molar-refractivity contribution in [1.29, 1.82) is 0 Å². The first-order valence-electron chi connectivity index (χ1n) is 10.2. The van der Waals surface area contributed by atoms with Gasteiger partial charge in [-0.1, -0.05) is 48.0 Å². The van der Waals surface area contributed by atoms with Crippen molar-refractivity contribution in [2.75, 3.05) is 19.2 Å². The summed E-state index contributed by atoms with van der Waals surface area (Å²) in [7, 11) is 1.53. The number of fused-ring (bicyclic) bond motifs is 1. The van der Waals surface area contributed by atoms with Crippen LogP contribution in [-0.4, -0.2) is 29.9 Å². The molecule has 0 radical (unpaired) electrons. The van der Waals surface area contributed by atoms with Gasteiger partial charge in [0, 0.05) is 46.4 Å². The number of hydrogen-bond donors (Lipinski definition) is 1. The molecule has 5 nitrogen and oxygen atoms in total. The zero-order chi connectivity index (χ0) is 22.7. The third kappa shape index (κ3) is 4.38. The van der Waals surface area contributed by atoms with E-state index in [4.69, 9.17) is 26.1 Å². The Morgan fingerprint density at radius 1 is 1.03 bits per heavy atom. The van der Waals surface area contributed by atoms with Crippen molar-refractivity contribution in [2.45, 2.75) is 19.9 Å². The largest absolute Gasteiger partial charge is 0.466 e. The number of hydrogen-bond acceptors (Lipinski definition) is 5. The van der Waals surface area contributed by atoms with E-state index in [1.54, 1.807) is 30.5 Å². The fourth-order valence-corrected chi connectivity index (χ4v) is 3.79. The lowest BCUT2D eigenvalue weighted by molar-refractivity contribution is 0.0520. The molecular weight excluding hydrogens is 429 g/mol. The summed E-state index contributed by atoms with van der Waals surface area (Å²) < 4.78 is 26.3. The summed E-state index contributed by atoms with van der Waals surface area (Å²) in [6.45, 7) is 3.98. The van der Waals surface area contributed by atoms with Crippen molar-refractivity contribution in [2.24, 2.45) is 0 Å². The van der Waals surface area contributed by atoms with Gasteiger partial charge in [-0.15, -0.1) is 0 Å². The van der Waals surface area contributed by atoms with Gasteiger partial charge in [-0.3, -0.25) is 0 Å². The zero-order valence-electron chi connectivity index (χ0n) is 18.0. The van der Waals surface area contributed by atoms with Crippen molar-refractivity contribution in [3.8, 4) is 28.0 Å². The van der Waals surface area contributed by atoms with Crippen LogP contribution in [0.5, 0.6) is 5.75 Å². The van der Waals surface area contributed by atoms with Crippen LogP contribution in [0.25, 0.3) is 33.2 Å². The molecular formula is C25H23ClFN3O2. The first-order chi connectivity index (χ1) is 15.5. The molecule has 0 aliphatic rings. The van der Waals surface area contributed by atoms with Crippen LogP contribution in [0.2, 0.25) is 5.02 Å². The van der Waals surface area contributed by atoms with Crippen molar-refractivity contribution in [3.05, 3.63) is 71.6 Å². The van der Waals surface area contributed by atoms with Gasteiger partial charge in [0.1, 0.15) is 11.6 Å². The molecule has 1 N–H and O–H groups in total. The van der Waals surface area contributed by atoms with Crippen LogP contribution < -0.4 is 10.1 Å². The Morgan fingerprint density at radius 2 is 1.75 bits per heavy atom. The summed E-state index contributed by atoms with van der Waals surface area (Å²) in [5.74, 6) is 0.504. The molecule has 0 fully saturated rings. The van der Waals surface area contributed by atoms with E-state index in [-0.39, 0.29) is 18.7 Å². The molecule has 0 saturated carbocycles. The molecule has 0 aliphatic carbocycles. The summed E-state index contributed by atoms with van der Waals surface area (Å²) in [4.78, 5) is 9.15. The molecule has 164 valence electrons. The first-order valence-corrected chi connectivity index (χ1v) is 10.6. The number of anilines is 1. The van der Waals surface area contributed by atoms with Crippen molar-refractivity contribution < 1.29 is 13.9 Å². The monoisotopic (exact) mass is 451 g/mol. The molecule has 4 rings (SSSR count). The van der Waals surface area contributed by atoms with Gasteiger partial charge < -0.3 is 14.8 Å². The van der Waals surface area contributed by atoms with Gasteiger partial charge in [-0.2, -0.15) is 0 Å². The topological polar surface area (TPSA) is 56.3 Å². The number of benzene rings is 3. The van der Waals surface area contributed by atoms with E-state index in [0.29, 0.717) is 38.9 Å². The molecule has 0 atom stereocenters. The van der Waals surface area contributed by atoms with Crippen LogP contribution in [0.15, 0.2) is 60.8 Å². The SMILES string of the molecule is COCOc1c(-c2ccccc2Cl)cc2cnc(NC(C)C)nc2c1-c1ccccc1F. The third-order valence-electron chi connectivity index (χ3n) is 4.87. The molecule has 1 heterocycles. The van der Waals surface area contributed by atoms with Crippen LogP contribution in [0, 0.1) is 5.82 Å². The smallest absolute Gasteiger partial charge is 0.223 e. The van der Waals surface area contributed by atoms with Gasteiger partial charge in [0.25, 0.3) is 0 Å². The average molecular weight is 452 g/mol. The second kappa shape index (κ2) is 9.51. The van der Waals surface area contributed by atoms with Crippen LogP contribution >= 0.6 is 11.6 Å². The predicted molar refractivity (Wildman–Crippen MR) is 127 cm³/mol. The fraction of sp³-hybridized carbons (Fsp3) is 0.200. The average Bonchev–Trinajstić information content (AvgIpc) is 2.77. The fourth-order valence-electron chi connectivity index (χ4n) is 3.55. The number of rotatable bonds is 7. The highest BCUT2D eigenvalue weighted by Gasteiger charge is 2.23. The highest BCUT2D eigenvalue weighted by atomic mass is 35.5. The van der Waals surface area contributed by atoms with E-state index in [9.17, 15) is 0 Å². The van der Waals surface area contributed by atoms with Gasteiger partial charge in [-0.25, -0.2) is 14.4 Å². The molecule has 3 aromatic carbocycles. The minimum absolute atomic E-state index is 0.0212. The Balaban J connectivity index is 2.11. The van der Waals surface area contributed by atoms with E-state index < -0.39 is 0 Å². The van der Waals surface area contributed by atoms with Gasteiger partial charge in [0.05, 0.1) is 11.1 Å². The van der Waals surface area contributed by atoms with Crippen molar-refractivity contribution >= 4 is 28.5 Å². The summed E-state index contributed by atoms with van der Waals surface area (Å²) in [5.41, 5.74) is 2.90. The number of nitrogens with zero attached hydrogens (tertiary/aromatic N) is 2. The molecule has 0 unspecified atom stereocenters. The van der Waals surface area contributed by atoms with Crippen LogP contribution in [0.1, 0.15) is 13.8 Å². The standard InChI is InChI=1S/C25H23ClFN3O2/c1-15(2)29-25-28-13-16-12-19(17-8-4-6-10-20(17)26)24(32-14-31-3)22(23(16)30-25)18-9-5-7-11-21(18)27/h4-13,15H,14H2,1-3H3,(H,28,29,30). The van der Waals surface area contributed by atoms with Gasteiger partial charge in [-0.05, 0) is 32.0 Å². The zero-order valence-corrected chi connectivity index (χ0v) is 18.8. The summed E-state index contributed by atoms with van der Waals surface area (Å²) in [6.07, 6.45) is 1.72. The minimum Gasteiger partial charge on any atom is -0.466 e. The lowest BCUT2D eigenvalue weighted by Crippen LogP contribution is -2.12. The maximum Gasteiger partial charge on any atom is 0.223 e. The molecule has 0 bridgehead atoms. The van der Waals surface area contributed by atoms with Gasteiger partial charge in [0.15, 0.2) is 6.79 Å². The Hall–Kier alpha value is -3.22.